The first-order valence-electron chi connectivity index (χ1n) is 7.12. The first kappa shape index (κ1) is 17.1. The predicted octanol–water partition coefficient (Wildman–Crippen LogP) is 3.43. The number of methoxy groups -OCH3 is 2. The van der Waals surface area contributed by atoms with Crippen LogP contribution in [0.3, 0.4) is 0 Å². The summed E-state index contributed by atoms with van der Waals surface area (Å²) in [5.41, 5.74) is 3.07. The molecule has 6 heteroatoms. The summed E-state index contributed by atoms with van der Waals surface area (Å²) >= 11 is 0. The molecule has 1 N–H and O–H groups in total. The van der Waals surface area contributed by atoms with Crippen LogP contribution in [0.1, 0.15) is 16.7 Å². The molecule has 0 atom stereocenters. The quantitative estimate of drug-likeness (QED) is 0.909. The van der Waals surface area contributed by atoms with Gasteiger partial charge in [-0.05, 0) is 49.6 Å². The fraction of sp³-hybridized carbons (Fsp3) is 0.294. The van der Waals surface area contributed by atoms with Crippen LogP contribution in [0.2, 0.25) is 0 Å². The van der Waals surface area contributed by atoms with E-state index in [2.05, 4.69) is 4.72 Å². The first-order valence-corrected chi connectivity index (χ1v) is 8.60. The molecule has 0 aliphatic rings. The minimum atomic E-state index is -3.73. The highest BCUT2D eigenvalue weighted by Gasteiger charge is 2.21. The predicted molar refractivity (Wildman–Crippen MR) is 91.0 cm³/mol. The monoisotopic (exact) mass is 335 g/mol. The van der Waals surface area contributed by atoms with E-state index in [9.17, 15) is 8.42 Å². The van der Waals surface area contributed by atoms with Crippen molar-refractivity contribution in [2.45, 2.75) is 25.7 Å². The van der Waals surface area contributed by atoms with E-state index < -0.39 is 10.0 Å². The average Bonchev–Trinajstić information content (AvgIpc) is 2.51. The van der Waals surface area contributed by atoms with Gasteiger partial charge in [0.2, 0.25) is 0 Å². The molecule has 0 saturated heterocycles. The van der Waals surface area contributed by atoms with Crippen LogP contribution in [0.15, 0.2) is 35.2 Å². The van der Waals surface area contributed by atoms with Gasteiger partial charge < -0.3 is 9.47 Å². The number of ether oxygens (including phenoxy) is 2. The van der Waals surface area contributed by atoms with Crippen molar-refractivity contribution < 1.29 is 17.9 Å². The van der Waals surface area contributed by atoms with E-state index in [0.717, 1.165) is 11.1 Å². The lowest BCUT2D eigenvalue weighted by atomic mass is 10.1. The van der Waals surface area contributed by atoms with Crippen molar-refractivity contribution in [3.8, 4) is 11.5 Å². The smallest absolute Gasteiger partial charge is 0.262 e. The Balaban J connectivity index is 2.50. The Morgan fingerprint density at radius 3 is 2.13 bits per heavy atom. The summed E-state index contributed by atoms with van der Waals surface area (Å²) < 4.78 is 38.5. The molecular weight excluding hydrogens is 314 g/mol. The third kappa shape index (κ3) is 3.42. The van der Waals surface area contributed by atoms with Crippen molar-refractivity contribution in [3.63, 3.8) is 0 Å². The van der Waals surface area contributed by atoms with E-state index in [4.69, 9.17) is 9.47 Å². The zero-order chi connectivity index (χ0) is 17.2. The summed E-state index contributed by atoms with van der Waals surface area (Å²) in [7, 11) is -0.739. The lowest BCUT2D eigenvalue weighted by Gasteiger charge is -2.16. The van der Waals surface area contributed by atoms with Gasteiger partial charge in [0.25, 0.3) is 10.0 Å². The van der Waals surface area contributed by atoms with Crippen molar-refractivity contribution >= 4 is 15.7 Å². The molecule has 0 bridgehead atoms. The van der Waals surface area contributed by atoms with E-state index in [1.165, 1.54) is 20.3 Å². The largest absolute Gasteiger partial charge is 0.493 e. The Hall–Kier alpha value is -2.21. The normalized spacial score (nSPS) is 11.2. The molecule has 124 valence electrons. The molecule has 2 aromatic carbocycles. The maximum absolute atomic E-state index is 12.7. The molecule has 0 saturated carbocycles. The summed E-state index contributed by atoms with van der Waals surface area (Å²) in [6, 6.07) is 8.63. The molecule has 0 aliphatic heterocycles. The van der Waals surface area contributed by atoms with Crippen molar-refractivity contribution in [3.05, 3.63) is 47.0 Å². The molecule has 2 rings (SSSR count). The Morgan fingerprint density at radius 1 is 0.913 bits per heavy atom. The summed E-state index contributed by atoms with van der Waals surface area (Å²) in [6.45, 7) is 5.54. The molecule has 23 heavy (non-hydrogen) atoms. The highest BCUT2D eigenvalue weighted by molar-refractivity contribution is 7.92. The van der Waals surface area contributed by atoms with Gasteiger partial charge in [-0.25, -0.2) is 8.42 Å². The average molecular weight is 335 g/mol. The molecule has 0 fully saturated rings. The molecule has 2 aromatic rings. The molecule has 0 heterocycles. The van der Waals surface area contributed by atoms with Gasteiger partial charge in [0.05, 0.1) is 24.8 Å². The fourth-order valence-electron chi connectivity index (χ4n) is 2.31. The Bertz CT molecular complexity index is 829. The number of hydrogen-bond donors (Lipinski definition) is 1. The molecule has 0 aliphatic carbocycles. The van der Waals surface area contributed by atoms with Gasteiger partial charge in [0, 0.05) is 6.07 Å². The van der Waals surface area contributed by atoms with Crippen molar-refractivity contribution in [2.24, 2.45) is 0 Å². The molecule has 5 nitrogen and oxygen atoms in total. The summed E-state index contributed by atoms with van der Waals surface area (Å²) in [5.74, 6) is 0.870. The number of nitrogens with one attached hydrogen (secondary N) is 1. The van der Waals surface area contributed by atoms with Gasteiger partial charge in [-0.1, -0.05) is 12.1 Å². The van der Waals surface area contributed by atoms with Gasteiger partial charge in [-0.2, -0.15) is 0 Å². The Labute approximate surface area is 137 Å². The maximum atomic E-state index is 12.7. The van der Waals surface area contributed by atoms with Gasteiger partial charge in [0.1, 0.15) is 0 Å². The second-order valence-electron chi connectivity index (χ2n) is 5.33. The van der Waals surface area contributed by atoms with E-state index >= 15 is 0 Å². The van der Waals surface area contributed by atoms with Crippen molar-refractivity contribution in [2.75, 3.05) is 18.9 Å². The van der Waals surface area contributed by atoms with E-state index in [1.807, 2.05) is 26.0 Å². The minimum Gasteiger partial charge on any atom is -0.493 e. The molecular formula is C17H21NO4S. The summed E-state index contributed by atoms with van der Waals surface area (Å²) in [6.07, 6.45) is 0. The van der Waals surface area contributed by atoms with E-state index in [-0.39, 0.29) is 4.90 Å². The zero-order valence-electron chi connectivity index (χ0n) is 13.9. The van der Waals surface area contributed by atoms with Crippen LogP contribution in [0, 0.1) is 20.8 Å². The van der Waals surface area contributed by atoms with Crippen LogP contribution in [-0.2, 0) is 10.0 Å². The topological polar surface area (TPSA) is 64.6 Å². The fourth-order valence-corrected chi connectivity index (χ4v) is 3.68. The second kappa shape index (κ2) is 6.50. The van der Waals surface area contributed by atoms with Gasteiger partial charge in [0.15, 0.2) is 11.5 Å². The highest BCUT2D eigenvalue weighted by atomic mass is 32.2. The lowest BCUT2D eigenvalue weighted by Crippen LogP contribution is -2.15. The van der Waals surface area contributed by atoms with Crippen LogP contribution in [0.5, 0.6) is 11.5 Å². The summed E-state index contributed by atoms with van der Waals surface area (Å²) in [5, 5.41) is 0. The van der Waals surface area contributed by atoms with Crippen LogP contribution in [0.25, 0.3) is 0 Å². The number of hydrogen-bond acceptors (Lipinski definition) is 4. The number of aryl methyl sites for hydroxylation is 2. The Kier molecular flexibility index (Phi) is 4.85. The molecule has 0 radical (unpaired) electrons. The minimum absolute atomic E-state index is 0.163. The zero-order valence-corrected chi connectivity index (χ0v) is 14.7. The van der Waals surface area contributed by atoms with Gasteiger partial charge in [-0.3, -0.25) is 4.72 Å². The third-order valence-electron chi connectivity index (χ3n) is 3.82. The third-order valence-corrected chi connectivity index (χ3v) is 5.33. The summed E-state index contributed by atoms with van der Waals surface area (Å²) in [4.78, 5) is 0.163. The number of benzene rings is 2. The second-order valence-corrected chi connectivity index (χ2v) is 6.98. The van der Waals surface area contributed by atoms with Crippen molar-refractivity contribution in [1.82, 2.24) is 0 Å². The SMILES string of the molecule is COc1cc(C)c(S(=O)(=O)Nc2cccc(C)c2C)cc1OC. The Morgan fingerprint density at radius 2 is 1.52 bits per heavy atom. The number of rotatable bonds is 5. The lowest BCUT2D eigenvalue weighted by molar-refractivity contribution is 0.353. The molecule has 0 aromatic heterocycles. The number of sulfonamides is 1. The van der Waals surface area contributed by atoms with Gasteiger partial charge >= 0.3 is 0 Å². The van der Waals surface area contributed by atoms with Crippen LogP contribution in [0.4, 0.5) is 5.69 Å². The standard InChI is InChI=1S/C17H21NO4S/c1-11-7-6-8-14(13(11)3)18-23(19,20)17-10-16(22-5)15(21-4)9-12(17)2/h6-10,18H,1-5H3. The van der Waals surface area contributed by atoms with E-state index in [1.54, 1.807) is 19.1 Å². The van der Waals surface area contributed by atoms with Crippen LogP contribution >= 0.6 is 0 Å². The molecule has 0 unspecified atom stereocenters. The molecule has 0 spiro atoms. The van der Waals surface area contributed by atoms with Crippen LogP contribution in [-0.4, -0.2) is 22.6 Å². The van der Waals surface area contributed by atoms with Crippen LogP contribution < -0.4 is 14.2 Å². The number of anilines is 1. The maximum Gasteiger partial charge on any atom is 0.262 e. The van der Waals surface area contributed by atoms with Gasteiger partial charge in [-0.15, -0.1) is 0 Å². The van der Waals surface area contributed by atoms with Crippen molar-refractivity contribution in [1.29, 1.82) is 0 Å². The molecule has 0 amide bonds. The van der Waals surface area contributed by atoms with E-state index in [0.29, 0.717) is 22.7 Å². The highest BCUT2D eigenvalue weighted by Crippen LogP contribution is 2.33. The first-order chi connectivity index (χ1) is 10.8.